The van der Waals surface area contributed by atoms with Crippen LogP contribution in [0.4, 0.5) is 13.2 Å². The van der Waals surface area contributed by atoms with Crippen LogP contribution in [-0.4, -0.2) is 24.5 Å². The third-order valence-electron chi connectivity index (χ3n) is 3.17. The van der Waals surface area contributed by atoms with E-state index in [0.717, 1.165) is 25.0 Å². The molecule has 0 aliphatic rings. The number of esters is 1. The highest BCUT2D eigenvalue weighted by atomic mass is 19.4. The molecule has 1 amide bonds. The fraction of sp³-hybridized carbons (Fsp3) is 0.500. The SMILES string of the molecule is CCCCCOC(=O)C(C)NC(=O)c1ccccc1C(F)(F)F. The maximum atomic E-state index is 12.9. The van der Waals surface area contributed by atoms with Crippen LogP contribution >= 0.6 is 0 Å². The van der Waals surface area contributed by atoms with Crippen molar-refractivity contribution < 1.29 is 27.5 Å². The summed E-state index contributed by atoms with van der Waals surface area (Å²) in [6, 6.07) is 3.40. The molecule has 0 radical (unpaired) electrons. The fourth-order valence-corrected chi connectivity index (χ4v) is 1.91. The second-order valence-electron chi connectivity index (χ2n) is 5.11. The first-order valence-corrected chi connectivity index (χ1v) is 7.41. The lowest BCUT2D eigenvalue weighted by Gasteiger charge is -2.16. The molecule has 128 valence electrons. The molecule has 0 bridgehead atoms. The van der Waals surface area contributed by atoms with Crippen LogP contribution in [0.15, 0.2) is 24.3 Å². The van der Waals surface area contributed by atoms with Crippen molar-refractivity contribution in [1.29, 1.82) is 0 Å². The molecular weight excluding hydrogens is 311 g/mol. The Kier molecular flexibility index (Phi) is 7.06. The van der Waals surface area contributed by atoms with Crippen LogP contribution < -0.4 is 5.32 Å². The van der Waals surface area contributed by atoms with Crippen LogP contribution in [0, 0.1) is 0 Å². The first-order chi connectivity index (χ1) is 10.8. The summed E-state index contributed by atoms with van der Waals surface area (Å²) >= 11 is 0. The normalized spacial score (nSPS) is 12.6. The first-order valence-electron chi connectivity index (χ1n) is 7.41. The summed E-state index contributed by atoms with van der Waals surface area (Å²) in [5, 5.41) is 2.24. The van der Waals surface area contributed by atoms with Gasteiger partial charge in [0.25, 0.3) is 5.91 Å². The number of nitrogens with one attached hydrogen (secondary N) is 1. The van der Waals surface area contributed by atoms with Crippen LogP contribution in [0.5, 0.6) is 0 Å². The summed E-state index contributed by atoms with van der Waals surface area (Å²) < 4.78 is 43.6. The van der Waals surface area contributed by atoms with Crippen molar-refractivity contribution in [3.8, 4) is 0 Å². The molecule has 0 saturated carbocycles. The molecule has 0 spiro atoms. The molecule has 0 fully saturated rings. The van der Waals surface area contributed by atoms with E-state index in [1.165, 1.54) is 19.1 Å². The molecule has 1 aromatic rings. The maximum Gasteiger partial charge on any atom is 0.417 e. The third kappa shape index (κ3) is 5.92. The second kappa shape index (κ2) is 8.55. The third-order valence-corrected chi connectivity index (χ3v) is 3.17. The molecule has 1 rings (SSSR count). The van der Waals surface area contributed by atoms with Crippen molar-refractivity contribution in [2.75, 3.05) is 6.61 Å². The molecule has 4 nitrogen and oxygen atoms in total. The second-order valence-corrected chi connectivity index (χ2v) is 5.11. The van der Waals surface area contributed by atoms with E-state index >= 15 is 0 Å². The summed E-state index contributed by atoms with van der Waals surface area (Å²) in [5.74, 6) is -1.63. The Labute approximate surface area is 133 Å². The summed E-state index contributed by atoms with van der Waals surface area (Å²) in [6.07, 6.45) is -2.05. The number of benzene rings is 1. The van der Waals surface area contributed by atoms with Gasteiger partial charge in [0.15, 0.2) is 0 Å². The number of hydrogen-bond donors (Lipinski definition) is 1. The Morgan fingerprint density at radius 3 is 2.48 bits per heavy atom. The fourth-order valence-electron chi connectivity index (χ4n) is 1.91. The smallest absolute Gasteiger partial charge is 0.417 e. The van der Waals surface area contributed by atoms with Gasteiger partial charge in [-0.05, 0) is 25.5 Å². The maximum absolute atomic E-state index is 12.9. The number of rotatable bonds is 7. The molecular formula is C16H20F3NO3. The molecule has 1 atom stereocenters. The number of ether oxygens (including phenoxy) is 1. The Hall–Kier alpha value is -2.05. The standard InChI is InChI=1S/C16H20F3NO3/c1-3-4-7-10-23-15(22)11(2)20-14(21)12-8-5-6-9-13(12)16(17,18)19/h5-6,8-9,11H,3-4,7,10H2,1-2H3,(H,20,21). The van der Waals surface area contributed by atoms with E-state index < -0.39 is 35.2 Å². The Morgan fingerprint density at radius 1 is 1.22 bits per heavy atom. The average Bonchev–Trinajstić information content (AvgIpc) is 2.50. The van der Waals surface area contributed by atoms with Crippen molar-refractivity contribution in [3.63, 3.8) is 0 Å². The summed E-state index contributed by atoms with van der Waals surface area (Å²) in [6.45, 7) is 3.60. The molecule has 7 heteroatoms. The van der Waals surface area contributed by atoms with Crippen LogP contribution in [-0.2, 0) is 15.7 Å². The Bertz CT molecular complexity index is 544. The minimum absolute atomic E-state index is 0.228. The van der Waals surface area contributed by atoms with Crippen LogP contribution in [0.2, 0.25) is 0 Å². The zero-order valence-corrected chi connectivity index (χ0v) is 13.1. The minimum atomic E-state index is -4.64. The molecule has 1 N–H and O–H groups in total. The van der Waals surface area contributed by atoms with Crippen molar-refractivity contribution in [2.45, 2.75) is 45.3 Å². The molecule has 23 heavy (non-hydrogen) atoms. The van der Waals surface area contributed by atoms with Crippen LogP contribution in [0.1, 0.15) is 49.0 Å². The van der Waals surface area contributed by atoms with E-state index in [4.69, 9.17) is 4.74 Å². The summed E-state index contributed by atoms with van der Waals surface area (Å²) in [5.41, 5.74) is -1.56. The molecule has 0 saturated heterocycles. The lowest BCUT2D eigenvalue weighted by atomic mass is 10.1. The predicted octanol–water partition coefficient (Wildman–Crippen LogP) is 3.56. The molecule has 0 aliphatic carbocycles. The lowest BCUT2D eigenvalue weighted by molar-refractivity contribution is -0.145. The van der Waals surface area contributed by atoms with E-state index in [2.05, 4.69) is 5.32 Å². The van der Waals surface area contributed by atoms with Crippen LogP contribution in [0.3, 0.4) is 0 Å². The summed E-state index contributed by atoms with van der Waals surface area (Å²) in [7, 11) is 0. The number of hydrogen-bond acceptors (Lipinski definition) is 3. The monoisotopic (exact) mass is 331 g/mol. The van der Waals surface area contributed by atoms with Crippen molar-refractivity contribution in [2.24, 2.45) is 0 Å². The van der Waals surface area contributed by atoms with Gasteiger partial charge in [-0.1, -0.05) is 31.9 Å². The zero-order chi connectivity index (χ0) is 17.5. The van der Waals surface area contributed by atoms with Gasteiger partial charge in [-0.2, -0.15) is 13.2 Å². The quantitative estimate of drug-likeness (QED) is 0.614. The van der Waals surface area contributed by atoms with Gasteiger partial charge in [0.05, 0.1) is 17.7 Å². The predicted molar refractivity (Wildman–Crippen MR) is 78.9 cm³/mol. The number of unbranched alkanes of at least 4 members (excludes halogenated alkanes) is 2. The van der Waals surface area contributed by atoms with Crippen molar-refractivity contribution in [1.82, 2.24) is 5.32 Å². The van der Waals surface area contributed by atoms with Crippen LogP contribution in [0.25, 0.3) is 0 Å². The highest BCUT2D eigenvalue weighted by molar-refractivity contribution is 5.98. The van der Waals surface area contributed by atoms with Gasteiger partial charge >= 0.3 is 12.1 Å². The summed E-state index contributed by atoms with van der Waals surface area (Å²) in [4.78, 5) is 23.7. The van der Waals surface area contributed by atoms with Gasteiger partial charge in [-0.25, -0.2) is 4.79 Å². The Morgan fingerprint density at radius 2 is 1.87 bits per heavy atom. The highest BCUT2D eigenvalue weighted by Gasteiger charge is 2.35. The van der Waals surface area contributed by atoms with Crippen molar-refractivity contribution >= 4 is 11.9 Å². The number of halogens is 3. The van der Waals surface area contributed by atoms with Gasteiger partial charge in [0.1, 0.15) is 6.04 Å². The van der Waals surface area contributed by atoms with E-state index in [0.29, 0.717) is 6.42 Å². The Balaban J connectivity index is 2.67. The van der Waals surface area contributed by atoms with Gasteiger partial charge in [0.2, 0.25) is 0 Å². The molecule has 0 aliphatic heterocycles. The molecule has 0 aromatic heterocycles. The van der Waals surface area contributed by atoms with E-state index in [1.54, 1.807) is 0 Å². The topological polar surface area (TPSA) is 55.4 Å². The molecule has 1 unspecified atom stereocenters. The zero-order valence-electron chi connectivity index (χ0n) is 13.1. The van der Waals surface area contributed by atoms with Gasteiger partial charge in [-0.3, -0.25) is 4.79 Å². The van der Waals surface area contributed by atoms with E-state index in [1.807, 2.05) is 6.92 Å². The van der Waals surface area contributed by atoms with Crippen molar-refractivity contribution in [3.05, 3.63) is 35.4 Å². The largest absolute Gasteiger partial charge is 0.464 e. The highest BCUT2D eigenvalue weighted by Crippen LogP contribution is 2.31. The number of carbonyl (C=O) groups is 2. The molecule has 0 heterocycles. The first kappa shape index (κ1) is 19.0. The number of carbonyl (C=O) groups excluding carboxylic acids is 2. The lowest BCUT2D eigenvalue weighted by Crippen LogP contribution is -2.40. The van der Waals surface area contributed by atoms with E-state index in [9.17, 15) is 22.8 Å². The average molecular weight is 331 g/mol. The van der Waals surface area contributed by atoms with Gasteiger partial charge in [-0.15, -0.1) is 0 Å². The van der Waals surface area contributed by atoms with E-state index in [-0.39, 0.29) is 6.61 Å². The minimum Gasteiger partial charge on any atom is -0.464 e. The van der Waals surface area contributed by atoms with Gasteiger partial charge < -0.3 is 10.1 Å². The molecule has 1 aromatic carbocycles. The van der Waals surface area contributed by atoms with Gasteiger partial charge in [0, 0.05) is 0 Å². The number of amides is 1. The number of alkyl halides is 3.